The van der Waals surface area contributed by atoms with Crippen LogP contribution in [0.2, 0.25) is 0 Å². The van der Waals surface area contributed by atoms with Crippen LogP contribution in [-0.4, -0.2) is 71.6 Å². The van der Waals surface area contributed by atoms with Crippen molar-refractivity contribution in [2.75, 3.05) is 26.7 Å². The SMILES string of the molecule is CC1CN(C)CCN1C(=O)N[C@@H](CC(N)=O)C(=O)O. The maximum Gasteiger partial charge on any atom is 0.326 e. The fourth-order valence-corrected chi connectivity index (χ4v) is 2.07. The number of nitrogens with one attached hydrogen (secondary N) is 1. The molecule has 0 aromatic rings. The second-order valence-electron chi connectivity index (χ2n) is 4.82. The van der Waals surface area contributed by atoms with Crippen LogP contribution in [0, 0.1) is 0 Å². The number of piperazine rings is 1. The highest BCUT2D eigenvalue weighted by Gasteiger charge is 2.29. The van der Waals surface area contributed by atoms with E-state index in [9.17, 15) is 14.4 Å². The van der Waals surface area contributed by atoms with E-state index in [4.69, 9.17) is 10.8 Å². The predicted molar refractivity (Wildman–Crippen MR) is 67.4 cm³/mol. The third-order valence-electron chi connectivity index (χ3n) is 3.09. The number of carboxylic acids is 1. The monoisotopic (exact) mass is 272 g/mol. The number of hydrogen-bond acceptors (Lipinski definition) is 4. The molecule has 0 aromatic heterocycles. The topological polar surface area (TPSA) is 116 Å². The molecule has 1 fully saturated rings. The summed E-state index contributed by atoms with van der Waals surface area (Å²) in [7, 11) is 1.96. The van der Waals surface area contributed by atoms with Gasteiger partial charge in [0.05, 0.1) is 6.42 Å². The summed E-state index contributed by atoms with van der Waals surface area (Å²) in [5, 5.41) is 11.3. The Kier molecular flexibility index (Phi) is 5.11. The number of rotatable bonds is 4. The van der Waals surface area contributed by atoms with Gasteiger partial charge in [0.2, 0.25) is 5.91 Å². The maximum atomic E-state index is 12.0. The van der Waals surface area contributed by atoms with E-state index >= 15 is 0 Å². The van der Waals surface area contributed by atoms with E-state index in [0.29, 0.717) is 6.54 Å². The van der Waals surface area contributed by atoms with Gasteiger partial charge in [-0.1, -0.05) is 0 Å². The van der Waals surface area contributed by atoms with Gasteiger partial charge in [-0.2, -0.15) is 0 Å². The highest BCUT2D eigenvalue weighted by atomic mass is 16.4. The molecule has 1 saturated heterocycles. The maximum absolute atomic E-state index is 12.0. The average Bonchev–Trinajstić information content (AvgIpc) is 2.26. The van der Waals surface area contributed by atoms with Gasteiger partial charge in [0.1, 0.15) is 6.04 Å². The van der Waals surface area contributed by atoms with Crippen LogP contribution in [0.3, 0.4) is 0 Å². The van der Waals surface area contributed by atoms with Crippen LogP contribution < -0.4 is 11.1 Å². The quantitative estimate of drug-likeness (QED) is 0.586. The Hall–Kier alpha value is -1.83. The number of likely N-dealkylation sites (N-methyl/N-ethyl adjacent to an activating group) is 1. The van der Waals surface area contributed by atoms with Crippen molar-refractivity contribution in [2.24, 2.45) is 5.73 Å². The molecule has 4 N–H and O–H groups in total. The van der Waals surface area contributed by atoms with Crippen molar-refractivity contribution in [1.29, 1.82) is 0 Å². The van der Waals surface area contributed by atoms with Crippen molar-refractivity contribution in [3.05, 3.63) is 0 Å². The zero-order valence-corrected chi connectivity index (χ0v) is 11.1. The molecule has 8 heteroatoms. The van der Waals surface area contributed by atoms with Crippen molar-refractivity contribution in [3.8, 4) is 0 Å². The fourth-order valence-electron chi connectivity index (χ4n) is 2.07. The van der Waals surface area contributed by atoms with Gasteiger partial charge in [-0.05, 0) is 14.0 Å². The molecule has 8 nitrogen and oxygen atoms in total. The lowest BCUT2D eigenvalue weighted by molar-refractivity contribution is -0.141. The third kappa shape index (κ3) is 4.40. The van der Waals surface area contributed by atoms with Gasteiger partial charge >= 0.3 is 12.0 Å². The summed E-state index contributed by atoms with van der Waals surface area (Å²) in [6.45, 7) is 3.86. The zero-order chi connectivity index (χ0) is 14.6. The molecular formula is C11H20N4O4. The average molecular weight is 272 g/mol. The summed E-state index contributed by atoms with van der Waals surface area (Å²) < 4.78 is 0. The van der Waals surface area contributed by atoms with Crippen LogP contribution in [0.15, 0.2) is 0 Å². The van der Waals surface area contributed by atoms with Crippen LogP contribution in [0.1, 0.15) is 13.3 Å². The van der Waals surface area contributed by atoms with Gasteiger partial charge in [0.25, 0.3) is 0 Å². The Bertz CT molecular complexity index is 374. The number of carboxylic acid groups (broad SMARTS) is 1. The number of primary amides is 1. The second kappa shape index (κ2) is 6.37. The van der Waals surface area contributed by atoms with Crippen molar-refractivity contribution >= 4 is 17.9 Å². The number of hydrogen-bond donors (Lipinski definition) is 3. The summed E-state index contributed by atoms with van der Waals surface area (Å²) in [5.74, 6) is -2.03. The molecule has 19 heavy (non-hydrogen) atoms. The van der Waals surface area contributed by atoms with Crippen molar-refractivity contribution in [2.45, 2.75) is 25.4 Å². The standard InChI is InChI=1S/C11H20N4O4/c1-7-6-14(2)3-4-15(7)11(19)13-8(10(17)18)5-9(12)16/h7-8H,3-6H2,1-2H3,(H2,12,16)(H,13,19)(H,17,18)/t7?,8-/m0/s1. The smallest absolute Gasteiger partial charge is 0.326 e. The summed E-state index contributed by atoms with van der Waals surface area (Å²) in [6, 6.07) is -1.77. The van der Waals surface area contributed by atoms with E-state index in [-0.39, 0.29) is 6.04 Å². The summed E-state index contributed by atoms with van der Waals surface area (Å²) >= 11 is 0. The lowest BCUT2D eigenvalue weighted by atomic mass is 10.2. The Balaban J connectivity index is 2.61. The zero-order valence-electron chi connectivity index (χ0n) is 11.1. The minimum Gasteiger partial charge on any atom is -0.480 e. The first-order valence-electron chi connectivity index (χ1n) is 6.08. The van der Waals surface area contributed by atoms with Gasteiger partial charge in [0, 0.05) is 25.7 Å². The summed E-state index contributed by atoms with van der Waals surface area (Å²) in [6.07, 6.45) is -0.413. The highest BCUT2D eigenvalue weighted by Crippen LogP contribution is 2.08. The molecule has 0 aliphatic carbocycles. The van der Waals surface area contributed by atoms with E-state index in [0.717, 1.165) is 13.1 Å². The number of nitrogens with two attached hydrogens (primary N) is 1. The van der Waals surface area contributed by atoms with Gasteiger partial charge in [-0.25, -0.2) is 9.59 Å². The van der Waals surface area contributed by atoms with E-state index in [1.54, 1.807) is 4.90 Å². The molecule has 1 heterocycles. The van der Waals surface area contributed by atoms with Gasteiger partial charge < -0.3 is 26.0 Å². The van der Waals surface area contributed by atoms with Crippen LogP contribution in [0.5, 0.6) is 0 Å². The minimum atomic E-state index is -1.28. The molecule has 1 aliphatic heterocycles. The first-order valence-corrected chi connectivity index (χ1v) is 6.08. The number of carbonyl (C=O) groups is 3. The van der Waals surface area contributed by atoms with Crippen molar-refractivity contribution in [3.63, 3.8) is 0 Å². The van der Waals surface area contributed by atoms with Gasteiger partial charge in [0.15, 0.2) is 0 Å². The molecule has 0 saturated carbocycles. The Morgan fingerprint density at radius 1 is 1.42 bits per heavy atom. The van der Waals surface area contributed by atoms with Crippen molar-refractivity contribution < 1.29 is 19.5 Å². The molecule has 0 bridgehead atoms. The Morgan fingerprint density at radius 3 is 2.53 bits per heavy atom. The molecule has 108 valence electrons. The summed E-state index contributed by atoms with van der Waals surface area (Å²) in [4.78, 5) is 37.4. The Labute approximate surface area is 111 Å². The van der Waals surface area contributed by atoms with Crippen LogP contribution in [-0.2, 0) is 9.59 Å². The normalized spacial score (nSPS) is 21.8. The van der Waals surface area contributed by atoms with E-state index in [1.165, 1.54) is 0 Å². The molecule has 0 radical (unpaired) electrons. The molecular weight excluding hydrogens is 252 g/mol. The molecule has 1 aliphatic rings. The van der Waals surface area contributed by atoms with Crippen LogP contribution >= 0.6 is 0 Å². The molecule has 3 amide bonds. The van der Waals surface area contributed by atoms with Gasteiger partial charge in [-0.15, -0.1) is 0 Å². The lowest BCUT2D eigenvalue weighted by Crippen LogP contribution is -2.58. The number of carbonyl (C=O) groups excluding carboxylic acids is 2. The van der Waals surface area contributed by atoms with E-state index in [2.05, 4.69) is 10.2 Å². The number of amides is 3. The summed E-state index contributed by atoms with van der Waals surface area (Å²) in [5.41, 5.74) is 4.96. The molecule has 0 spiro atoms. The molecule has 0 aromatic carbocycles. The second-order valence-corrected chi connectivity index (χ2v) is 4.82. The molecule has 2 atom stereocenters. The number of urea groups is 1. The number of aliphatic carboxylic acids is 1. The lowest BCUT2D eigenvalue weighted by Gasteiger charge is -2.38. The Morgan fingerprint density at radius 2 is 2.05 bits per heavy atom. The predicted octanol–water partition coefficient (Wildman–Crippen LogP) is -1.34. The first-order chi connectivity index (χ1) is 8.81. The van der Waals surface area contributed by atoms with Gasteiger partial charge in [-0.3, -0.25) is 4.79 Å². The fraction of sp³-hybridized carbons (Fsp3) is 0.727. The highest BCUT2D eigenvalue weighted by molar-refractivity contribution is 5.87. The minimum absolute atomic E-state index is 0.0122. The largest absolute Gasteiger partial charge is 0.480 e. The molecule has 1 rings (SSSR count). The third-order valence-corrected chi connectivity index (χ3v) is 3.09. The number of nitrogens with zero attached hydrogens (tertiary/aromatic N) is 2. The molecule has 1 unspecified atom stereocenters. The van der Waals surface area contributed by atoms with Crippen LogP contribution in [0.4, 0.5) is 4.79 Å². The van der Waals surface area contributed by atoms with E-state index < -0.39 is 30.4 Å². The van der Waals surface area contributed by atoms with Crippen molar-refractivity contribution in [1.82, 2.24) is 15.1 Å². The van der Waals surface area contributed by atoms with Crippen LogP contribution in [0.25, 0.3) is 0 Å². The first kappa shape index (κ1) is 15.2. The van der Waals surface area contributed by atoms with E-state index in [1.807, 2.05) is 14.0 Å².